The molecule has 0 N–H and O–H groups in total. The number of rotatable bonds is 4. The van der Waals surface area contributed by atoms with Gasteiger partial charge in [-0.05, 0) is 12.1 Å². The van der Waals surface area contributed by atoms with Crippen LogP contribution in [0.5, 0.6) is 11.5 Å². The first kappa shape index (κ1) is 14.0. The molecule has 1 aromatic heterocycles. The fourth-order valence-electron chi connectivity index (χ4n) is 1.76. The van der Waals surface area contributed by atoms with Gasteiger partial charge in [-0.15, -0.1) is 0 Å². The van der Waals surface area contributed by atoms with E-state index in [4.69, 9.17) is 4.74 Å². The molecule has 0 spiro atoms. The second-order valence-electron chi connectivity index (χ2n) is 3.73. The molecule has 0 aliphatic heterocycles. The van der Waals surface area contributed by atoms with E-state index in [9.17, 15) is 13.6 Å². The van der Waals surface area contributed by atoms with Crippen LogP contribution in [0.15, 0.2) is 24.3 Å². The smallest absolute Gasteiger partial charge is 0.387 e. The van der Waals surface area contributed by atoms with E-state index in [2.05, 4.69) is 14.5 Å². The van der Waals surface area contributed by atoms with Crippen LogP contribution in [0.2, 0.25) is 0 Å². The number of pyridine rings is 1. The number of nitrogens with zero attached hydrogens (tertiary/aromatic N) is 1. The molecule has 20 heavy (non-hydrogen) atoms. The lowest BCUT2D eigenvalue weighted by atomic mass is 10.1. The maximum Gasteiger partial charge on any atom is 0.387 e. The number of aromatic nitrogens is 1. The van der Waals surface area contributed by atoms with Crippen molar-refractivity contribution in [2.75, 3.05) is 14.2 Å². The zero-order valence-corrected chi connectivity index (χ0v) is 10.7. The molecule has 0 aliphatic rings. The molecular weight excluding hydrogens is 272 g/mol. The van der Waals surface area contributed by atoms with Gasteiger partial charge >= 0.3 is 12.6 Å². The molecule has 0 bridgehead atoms. The minimum atomic E-state index is -2.99. The summed E-state index contributed by atoms with van der Waals surface area (Å²) in [6.07, 6.45) is 0. The molecule has 7 heteroatoms. The highest BCUT2D eigenvalue weighted by Gasteiger charge is 2.17. The Hall–Kier alpha value is -2.44. The van der Waals surface area contributed by atoms with Crippen LogP contribution in [0, 0.1) is 0 Å². The molecule has 0 amide bonds. The van der Waals surface area contributed by atoms with Gasteiger partial charge in [0.05, 0.1) is 14.2 Å². The fourth-order valence-corrected chi connectivity index (χ4v) is 1.76. The SMILES string of the molecule is COC(=O)c1cc(OC)c2cccc(OC(F)F)c2n1. The van der Waals surface area contributed by atoms with E-state index in [1.54, 1.807) is 6.07 Å². The number of para-hydroxylation sites is 1. The lowest BCUT2D eigenvalue weighted by Gasteiger charge is -2.11. The van der Waals surface area contributed by atoms with Crippen molar-refractivity contribution in [3.8, 4) is 11.5 Å². The number of carbonyl (C=O) groups excluding carboxylic acids is 1. The Balaban J connectivity index is 2.68. The highest BCUT2D eigenvalue weighted by atomic mass is 19.3. The first-order valence-corrected chi connectivity index (χ1v) is 5.57. The summed E-state index contributed by atoms with van der Waals surface area (Å²) in [6, 6.07) is 5.87. The number of methoxy groups -OCH3 is 2. The van der Waals surface area contributed by atoms with Gasteiger partial charge in [0, 0.05) is 11.5 Å². The number of hydrogen-bond acceptors (Lipinski definition) is 5. The van der Waals surface area contributed by atoms with Crippen molar-refractivity contribution in [1.29, 1.82) is 0 Å². The van der Waals surface area contributed by atoms with Gasteiger partial charge in [0.1, 0.15) is 11.3 Å². The standard InChI is InChI=1S/C13H11F2NO4/c1-18-10-6-8(12(17)19-2)16-11-7(10)4-3-5-9(11)20-13(14)15/h3-6,13H,1-2H3. The van der Waals surface area contributed by atoms with E-state index in [0.717, 1.165) is 0 Å². The number of carbonyl (C=O) groups is 1. The Morgan fingerprint density at radius 1 is 1.25 bits per heavy atom. The first-order valence-electron chi connectivity index (χ1n) is 5.57. The summed E-state index contributed by atoms with van der Waals surface area (Å²) >= 11 is 0. The zero-order chi connectivity index (χ0) is 14.7. The first-order chi connectivity index (χ1) is 9.56. The van der Waals surface area contributed by atoms with Crippen LogP contribution in [0.25, 0.3) is 10.9 Å². The van der Waals surface area contributed by atoms with E-state index in [-0.39, 0.29) is 17.0 Å². The zero-order valence-electron chi connectivity index (χ0n) is 10.7. The topological polar surface area (TPSA) is 57.7 Å². The summed E-state index contributed by atoms with van der Waals surface area (Å²) in [4.78, 5) is 15.5. The van der Waals surface area contributed by atoms with E-state index >= 15 is 0 Å². The lowest BCUT2D eigenvalue weighted by Crippen LogP contribution is -2.07. The average Bonchev–Trinajstić information content (AvgIpc) is 2.45. The third-order valence-corrected chi connectivity index (χ3v) is 2.60. The van der Waals surface area contributed by atoms with Crippen molar-refractivity contribution < 1.29 is 27.8 Å². The second-order valence-corrected chi connectivity index (χ2v) is 3.73. The molecule has 0 atom stereocenters. The van der Waals surface area contributed by atoms with Crippen LogP contribution in [0.4, 0.5) is 8.78 Å². The van der Waals surface area contributed by atoms with Crippen molar-refractivity contribution in [3.05, 3.63) is 30.0 Å². The fraction of sp³-hybridized carbons (Fsp3) is 0.231. The number of benzene rings is 1. The summed E-state index contributed by atoms with van der Waals surface area (Å²) in [6.45, 7) is -2.99. The van der Waals surface area contributed by atoms with Crippen LogP contribution in [0.3, 0.4) is 0 Å². The average molecular weight is 283 g/mol. The molecule has 2 aromatic rings. The van der Waals surface area contributed by atoms with Gasteiger partial charge in [-0.3, -0.25) is 0 Å². The van der Waals surface area contributed by atoms with Crippen LogP contribution >= 0.6 is 0 Å². The quantitative estimate of drug-likeness (QED) is 0.807. The Morgan fingerprint density at radius 3 is 2.60 bits per heavy atom. The van der Waals surface area contributed by atoms with Crippen molar-refractivity contribution in [2.45, 2.75) is 6.61 Å². The Kier molecular flexibility index (Phi) is 3.97. The lowest BCUT2D eigenvalue weighted by molar-refractivity contribution is -0.0489. The van der Waals surface area contributed by atoms with Gasteiger partial charge in [0.25, 0.3) is 0 Å². The molecule has 106 valence electrons. The summed E-state index contributed by atoms with van der Waals surface area (Å²) in [5, 5.41) is 0.457. The third-order valence-electron chi connectivity index (χ3n) is 2.60. The van der Waals surface area contributed by atoms with Gasteiger partial charge < -0.3 is 14.2 Å². The molecule has 0 unspecified atom stereocenters. The van der Waals surface area contributed by atoms with Gasteiger partial charge in [0.15, 0.2) is 11.4 Å². The molecule has 1 heterocycles. The number of fused-ring (bicyclic) bond motifs is 1. The highest BCUT2D eigenvalue weighted by molar-refractivity contribution is 5.96. The monoisotopic (exact) mass is 283 g/mol. The summed E-state index contributed by atoms with van der Waals surface area (Å²) in [5.74, 6) is -0.520. The number of hydrogen-bond donors (Lipinski definition) is 0. The van der Waals surface area contributed by atoms with Crippen LogP contribution < -0.4 is 9.47 Å². The van der Waals surface area contributed by atoms with Crippen LogP contribution in [0.1, 0.15) is 10.5 Å². The molecule has 0 radical (unpaired) electrons. The predicted octanol–water partition coefficient (Wildman–Crippen LogP) is 2.63. The van der Waals surface area contributed by atoms with Crippen LogP contribution in [-0.4, -0.2) is 31.8 Å². The number of ether oxygens (including phenoxy) is 3. The van der Waals surface area contributed by atoms with E-state index in [1.165, 1.54) is 32.4 Å². The van der Waals surface area contributed by atoms with Crippen molar-refractivity contribution >= 4 is 16.9 Å². The third kappa shape index (κ3) is 2.61. The highest BCUT2D eigenvalue weighted by Crippen LogP contribution is 2.32. The molecule has 0 saturated heterocycles. The predicted molar refractivity (Wildman–Crippen MR) is 66.3 cm³/mol. The molecule has 1 aromatic carbocycles. The molecule has 0 fully saturated rings. The van der Waals surface area contributed by atoms with Crippen molar-refractivity contribution in [3.63, 3.8) is 0 Å². The Labute approximate surface area is 113 Å². The van der Waals surface area contributed by atoms with E-state index in [1.807, 2.05) is 0 Å². The number of esters is 1. The maximum absolute atomic E-state index is 12.4. The van der Waals surface area contributed by atoms with Crippen molar-refractivity contribution in [2.24, 2.45) is 0 Å². The molecule has 5 nitrogen and oxygen atoms in total. The van der Waals surface area contributed by atoms with Gasteiger partial charge in [-0.25, -0.2) is 9.78 Å². The second kappa shape index (κ2) is 5.68. The number of alkyl halides is 2. The minimum absolute atomic E-state index is 0.0535. The minimum Gasteiger partial charge on any atom is -0.496 e. The molecule has 0 saturated carbocycles. The number of halogens is 2. The van der Waals surface area contributed by atoms with E-state index in [0.29, 0.717) is 11.1 Å². The van der Waals surface area contributed by atoms with Gasteiger partial charge in [-0.1, -0.05) is 6.07 Å². The largest absolute Gasteiger partial charge is 0.496 e. The van der Waals surface area contributed by atoms with Gasteiger partial charge in [-0.2, -0.15) is 8.78 Å². The molecule has 2 rings (SSSR count). The Morgan fingerprint density at radius 2 is 2.00 bits per heavy atom. The van der Waals surface area contributed by atoms with E-state index < -0.39 is 12.6 Å². The maximum atomic E-state index is 12.4. The van der Waals surface area contributed by atoms with Gasteiger partial charge in [0.2, 0.25) is 0 Å². The normalized spacial score (nSPS) is 10.7. The summed E-state index contributed by atoms with van der Waals surface area (Å²) < 4.78 is 38.8. The summed E-state index contributed by atoms with van der Waals surface area (Å²) in [5.41, 5.74) is 0.0507. The van der Waals surface area contributed by atoms with Crippen LogP contribution in [-0.2, 0) is 4.74 Å². The molecular formula is C13H11F2NO4. The Bertz CT molecular complexity index is 646. The summed E-state index contributed by atoms with van der Waals surface area (Å²) in [7, 11) is 2.60. The van der Waals surface area contributed by atoms with Crippen molar-refractivity contribution in [1.82, 2.24) is 4.98 Å². The molecule has 0 aliphatic carbocycles.